The highest BCUT2D eigenvalue weighted by molar-refractivity contribution is 7.89. The van der Waals surface area contributed by atoms with E-state index in [0.29, 0.717) is 18.2 Å². The van der Waals surface area contributed by atoms with Crippen LogP contribution < -0.4 is 5.73 Å². The van der Waals surface area contributed by atoms with E-state index in [9.17, 15) is 8.42 Å². The maximum atomic E-state index is 12.2. The Balaban J connectivity index is 1.94. The largest absolute Gasteiger partial charge is 0.330 e. The smallest absolute Gasteiger partial charge is 0.214 e. The summed E-state index contributed by atoms with van der Waals surface area (Å²) in [7, 11) is -2.98. The van der Waals surface area contributed by atoms with Crippen molar-refractivity contribution in [3.8, 4) is 0 Å². The SMILES string of the molecule is NCCCC1CCCN1S(=O)(=O)CC1CC1. The zero-order valence-corrected chi connectivity index (χ0v) is 10.6. The summed E-state index contributed by atoms with van der Waals surface area (Å²) in [6.07, 6.45) is 6.09. The summed E-state index contributed by atoms with van der Waals surface area (Å²) in [6.45, 7) is 1.39. The molecule has 2 fully saturated rings. The van der Waals surface area contributed by atoms with Gasteiger partial charge in [-0.2, -0.15) is 4.31 Å². The lowest BCUT2D eigenvalue weighted by atomic mass is 10.1. The summed E-state index contributed by atoms with van der Waals surface area (Å²) < 4.78 is 26.1. The Morgan fingerprint density at radius 1 is 1.25 bits per heavy atom. The number of rotatable bonds is 6. The van der Waals surface area contributed by atoms with Crippen molar-refractivity contribution >= 4 is 10.0 Å². The first-order valence-corrected chi connectivity index (χ1v) is 7.94. The van der Waals surface area contributed by atoms with Crippen LogP contribution in [0.5, 0.6) is 0 Å². The zero-order chi connectivity index (χ0) is 11.6. The molecule has 0 aromatic carbocycles. The minimum Gasteiger partial charge on any atom is -0.330 e. The van der Waals surface area contributed by atoms with Gasteiger partial charge >= 0.3 is 0 Å². The van der Waals surface area contributed by atoms with E-state index in [1.807, 2.05) is 0 Å². The number of hydrogen-bond donors (Lipinski definition) is 1. The van der Waals surface area contributed by atoms with Crippen molar-refractivity contribution in [2.75, 3.05) is 18.8 Å². The third-order valence-electron chi connectivity index (χ3n) is 3.57. The van der Waals surface area contributed by atoms with Gasteiger partial charge in [0.05, 0.1) is 5.75 Å². The predicted molar refractivity (Wildman–Crippen MR) is 64.5 cm³/mol. The summed E-state index contributed by atoms with van der Waals surface area (Å²) in [5.41, 5.74) is 5.48. The van der Waals surface area contributed by atoms with Crippen LogP contribution in [0.3, 0.4) is 0 Å². The van der Waals surface area contributed by atoms with Crippen LogP contribution in [0.25, 0.3) is 0 Å². The maximum absolute atomic E-state index is 12.2. The van der Waals surface area contributed by atoms with Crippen LogP contribution in [-0.4, -0.2) is 37.6 Å². The maximum Gasteiger partial charge on any atom is 0.214 e. The fourth-order valence-corrected chi connectivity index (χ4v) is 4.69. The highest BCUT2D eigenvalue weighted by atomic mass is 32.2. The molecule has 1 heterocycles. The van der Waals surface area contributed by atoms with Crippen molar-refractivity contribution in [1.82, 2.24) is 4.31 Å². The lowest BCUT2D eigenvalue weighted by Gasteiger charge is -2.23. The number of nitrogens with two attached hydrogens (primary N) is 1. The van der Waals surface area contributed by atoms with E-state index in [2.05, 4.69) is 0 Å². The van der Waals surface area contributed by atoms with Crippen molar-refractivity contribution in [3.63, 3.8) is 0 Å². The first kappa shape index (κ1) is 12.3. The molecule has 1 saturated carbocycles. The van der Waals surface area contributed by atoms with Gasteiger partial charge in [-0.15, -0.1) is 0 Å². The van der Waals surface area contributed by atoms with Gasteiger partial charge in [0.1, 0.15) is 0 Å². The molecule has 16 heavy (non-hydrogen) atoms. The molecule has 1 unspecified atom stereocenters. The van der Waals surface area contributed by atoms with Crippen LogP contribution in [0.4, 0.5) is 0 Å². The number of hydrogen-bond acceptors (Lipinski definition) is 3. The molecular formula is C11H22N2O2S. The van der Waals surface area contributed by atoms with Crippen LogP contribution in [0.15, 0.2) is 0 Å². The fourth-order valence-electron chi connectivity index (χ4n) is 2.50. The van der Waals surface area contributed by atoms with Gasteiger partial charge in [0.15, 0.2) is 0 Å². The molecule has 0 radical (unpaired) electrons. The molecule has 0 spiro atoms. The van der Waals surface area contributed by atoms with Crippen molar-refractivity contribution in [2.24, 2.45) is 11.7 Å². The van der Waals surface area contributed by atoms with Gasteiger partial charge in [-0.25, -0.2) is 8.42 Å². The second kappa shape index (κ2) is 5.02. The van der Waals surface area contributed by atoms with Gasteiger partial charge in [-0.1, -0.05) is 0 Å². The monoisotopic (exact) mass is 246 g/mol. The molecule has 94 valence electrons. The lowest BCUT2D eigenvalue weighted by molar-refractivity contribution is 0.364. The van der Waals surface area contributed by atoms with Crippen LogP contribution in [-0.2, 0) is 10.0 Å². The highest BCUT2D eigenvalue weighted by Gasteiger charge is 2.37. The topological polar surface area (TPSA) is 63.4 Å². The van der Waals surface area contributed by atoms with Crippen molar-refractivity contribution in [1.29, 1.82) is 0 Å². The molecule has 5 heteroatoms. The number of nitrogens with zero attached hydrogens (tertiary/aromatic N) is 1. The Morgan fingerprint density at radius 3 is 2.62 bits per heavy atom. The molecule has 1 saturated heterocycles. The summed E-state index contributed by atoms with van der Waals surface area (Å²) in [5, 5.41) is 0. The molecular weight excluding hydrogens is 224 g/mol. The molecule has 0 aromatic rings. The first-order chi connectivity index (χ1) is 7.63. The Bertz CT molecular complexity index is 325. The quantitative estimate of drug-likeness (QED) is 0.758. The standard InChI is InChI=1S/C11H22N2O2S/c12-7-1-3-11-4-2-8-13(11)16(14,15)9-10-5-6-10/h10-11H,1-9,12H2. The van der Waals surface area contributed by atoms with Crippen LogP contribution >= 0.6 is 0 Å². The molecule has 2 N–H and O–H groups in total. The molecule has 0 aromatic heterocycles. The van der Waals surface area contributed by atoms with Gasteiger partial charge in [0.25, 0.3) is 0 Å². The van der Waals surface area contributed by atoms with E-state index in [1.54, 1.807) is 4.31 Å². The van der Waals surface area contributed by atoms with Gasteiger partial charge in [-0.3, -0.25) is 0 Å². The molecule has 1 aliphatic heterocycles. The average molecular weight is 246 g/mol. The lowest BCUT2D eigenvalue weighted by Crippen LogP contribution is -2.37. The third kappa shape index (κ3) is 2.96. The Labute approximate surface area is 98.2 Å². The average Bonchev–Trinajstić information content (AvgIpc) is 2.89. The highest BCUT2D eigenvalue weighted by Crippen LogP contribution is 2.33. The summed E-state index contributed by atoms with van der Waals surface area (Å²) in [6, 6.07) is 0.229. The molecule has 1 aliphatic carbocycles. The van der Waals surface area contributed by atoms with Gasteiger partial charge in [-0.05, 0) is 51.0 Å². The van der Waals surface area contributed by atoms with Gasteiger partial charge in [0, 0.05) is 12.6 Å². The number of sulfonamides is 1. The molecule has 2 aliphatic rings. The Kier molecular flexibility index (Phi) is 3.87. The summed E-state index contributed by atoms with van der Waals surface area (Å²) in [5.74, 6) is 0.826. The molecule has 4 nitrogen and oxygen atoms in total. The van der Waals surface area contributed by atoms with Crippen LogP contribution in [0, 0.1) is 5.92 Å². The Morgan fingerprint density at radius 2 is 2.00 bits per heavy atom. The summed E-state index contributed by atoms with van der Waals surface area (Å²) >= 11 is 0. The normalized spacial score (nSPS) is 27.4. The first-order valence-electron chi connectivity index (χ1n) is 6.33. The van der Waals surface area contributed by atoms with Crippen LogP contribution in [0.2, 0.25) is 0 Å². The zero-order valence-electron chi connectivity index (χ0n) is 9.77. The predicted octanol–water partition coefficient (Wildman–Crippen LogP) is 0.929. The van der Waals surface area contributed by atoms with E-state index >= 15 is 0 Å². The second-order valence-corrected chi connectivity index (χ2v) is 7.03. The molecule has 2 rings (SSSR count). The Hall–Kier alpha value is -0.130. The van der Waals surface area contributed by atoms with E-state index in [4.69, 9.17) is 5.73 Å². The minimum atomic E-state index is -2.98. The fraction of sp³-hybridized carbons (Fsp3) is 1.00. The van der Waals surface area contributed by atoms with E-state index < -0.39 is 10.0 Å². The molecule has 0 amide bonds. The van der Waals surface area contributed by atoms with Crippen molar-refractivity contribution < 1.29 is 8.42 Å². The molecule has 0 bridgehead atoms. The molecule has 1 atom stereocenters. The van der Waals surface area contributed by atoms with E-state index in [-0.39, 0.29) is 6.04 Å². The third-order valence-corrected chi connectivity index (χ3v) is 5.65. The van der Waals surface area contributed by atoms with Gasteiger partial charge in [0.2, 0.25) is 10.0 Å². The van der Waals surface area contributed by atoms with E-state index in [1.165, 1.54) is 0 Å². The minimum absolute atomic E-state index is 0.229. The van der Waals surface area contributed by atoms with Gasteiger partial charge < -0.3 is 5.73 Å². The van der Waals surface area contributed by atoms with Crippen LogP contribution in [0.1, 0.15) is 38.5 Å². The second-order valence-electron chi connectivity index (χ2n) is 5.06. The van der Waals surface area contributed by atoms with Crippen molar-refractivity contribution in [2.45, 2.75) is 44.6 Å². The van der Waals surface area contributed by atoms with E-state index in [0.717, 1.165) is 45.1 Å². The summed E-state index contributed by atoms with van der Waals surface area (Å²) in [4.78, 5) is 0. The van der Waals surface area contributed by atoms with Crippen molar-refractivity contribution in [3.05, 3.63) is 0 Å².